The summed E-state index contributed by atoms with van der Waals surface area (Å²) in [5.74, 6) is 0.268. The summed E-state index contributed by atoms with van der Waals surface area (Å²) < 4.78 is 33.4. The molecule has 1 aliphatic heterocycles. The number of hydrogen-bond acceptors (Lipinski definition) is 6. The maximum Gasteiger partial charge on any atom is 0.530 e. The van der Waals surface area contributed by atoms with Gasteiger partial charge in [-0.05, 0) is 24.6 Å². The molecule has 0 aliphatic carbocycles. The van der Waals surface area contributed by atoms with Crippen LogP contribution in [0.4, 0.5) is 0 Å². The molecule has 7 heteroatoms. The maximum absolute atomic E-state index is 12.4. The van der Waals surface area contributed by atoms with E-state index in [-0.39, 0.29) is 24.4 Å². The molecule has 1 saturated heterocycles. The second-order valence-corrected chi connectivity index (χ2v) is 7.75. The standard InChI is InChI=1S/C15H17O6P/c1-10-6-14(16)20-13-7-11(4-5-12(10)13)21-22(17)18-8-15(2,3)9-19-22/h4-7H,8-9H2,1-3H3. The second kappa shape index (κ2) is 5.23. The quantitative estimate of drug-likeness (QED) is 0.620. The van der Waals surface area contributed by atoms with Crippen LogP contribution in [-0.4, -0.2) is 13.2 Å². The fourth-order valence-electron chi connectivity index (χ4n) is 2.13. The SMILES string of the molecule is Cc1cc(=O)oc2cc(OP3(=O)OCC(C)(C)CO3)ccc12. The highest BCUT2D eigenvalue weighted by Gasteiger charge is 2.39. The normalized spacial score (nSPS) is 20.0. The van der Waals surface area contributed by atoms with Crippen molar-refractivity contribution in [2.45, 2.75) is 20.8 Å². The van der Waals surface area contributed by atoms with Crippen molar-refractivity contribution in [1.82, 2.24) is 0 Å². The third kappa shape index (κ3) is 3.09. The van der Waals surface area contributed by atoms with Gasteiger partial charge in [-0.1, -0.05) is 13.8 Å². The van der Waals surface area contributed by atoms with E-state index in [9.17, 15) is 9.36 Å². The van der Waals surface area contributed by atoms with Crippen LogP contribution >= 0.6 is 7.82 Å². The lowest BCUT2D eigenvalue weighted by molar-refractivity contribution is 0.0182. The van der Waals surface area contributed by atoms with Crippen molar-refractivity contribution in [3.8, 4) is 5.75 Å². The molecule has 0 N–H and O–H groups in total. The van der Waals surface area contributed by atoms with Gasteiger partial charge in [-0.25, -0.2) is 9.36 Å². The van der Waals surface area contributed by atoms with Crippen LogP contribution in [0.25, 0.3) is 11.0 Å². The number of rotatable bonds is 2. The number of hydrogen-bond donors (Lipinski definition) is 0. The summed E-state index contributed by atoms with van der Waals surface area (Å²) in [4.78, 5) is 11.4. The Morgan fingerprint density at radius 3 is 2.55 bits per heavy atom. The van der Waals surface area contributed by atoms with Crippen LogP contribution in [0.15, 0.2) is 33.5 Å². The van der Waals surface area contributed by atoms with Crippen molar-refractivity contribution >= 4 is 18.8 Å². The molecule has 0 unspecified atom stereocenters. The molecule has 0 amide bonds. The molecule has 1 aliphatic rings. The largest absolute Gasteiger partial charge is 0.530 e. The Balaban J connectivity index is 1.89. The number of phosphoric acid groups is 1. The summed E-state index contributed by atoms with van der Waals surface area (Å²) in [6, 6.07) is 6.31. The van der Waals surface area contributed by atoms with Gasteiger partial charge < -0.3 is 8.94 Å². The molecule has 0 atom stereocenters. The van der Waals surface area contributed by atoms with Gasteiger partial charge in [0.15, 0.2) is 0 Å². The monoisotopic (exact) mass is 324 g/mol. The van der Waals surface area contributed by atoms with Gasteiger partial charge in [0.1, 0.15) is 11.3 Å². The molecule has 0 spiro atoms. The van der Waals surface area contributed by atoms with Gasteiger partial charge in [-0.2, -0.15) is 0 Å². The summed E-state index contributed by atoms with van der Waals surface area (Å²) in [7, 11) is -3.64. The van der Waals surface area contributed by atoms with Crippen molar-refractivity contribution in [1.29, 1.82) is 0 Å². The predicted octanol–water partition coefficient (Wildman–Crippen LogP) is 3.66. The molecule has 0 bridgehead atoms. The fourth-order valence-corrected chi connectivity index (χ4v) is 3.70. The smallest absolute Gasteiger partial charge is 0.423 e. The molecule has 0 saturated carbocycles. The summed E-state index contributed by atoms with van der Waals surface area (Å²) in [6.45, 7) is 6.28. The minimum atomic E-state index is -3.64. The van der Waals surface area contributed by atoms with Gasteiger partial charge in [-0.3, -0.25) is 9.05 Å². The average molecular weight is 324 g/mol. The van der Waals surface area contributed by atoms with Crippen molar-refractivity contribution in [3.05, 3.63) is 40.2 Å². The number of benzene rings is 1. The van der Waals surface area contributed by atoms with E-state index in [1.54, 1.807) is 12.1 Å². The Bertz CT molecular complexity index is 808. The Hall–Kier alpha value is -1.62. The van der Waals surface area contributed by atoms with Gasteiger partial charge in [-0.15, -0.1) is 0 Å². The van der Waals surface area contributed by atoms with E-state index in [1.807, 2.05) is 20.8 Å². The fraction of sp³-hybridized carbons (Fsp3) is 0.400. The summed E-state index contributed by atoms with van der Waals surface area (Å²) >= 11 is 0. The zero-order valence-electron chi connectivity index (χ0n) is 12.6. The first-order valence-electron chi connectivity index (χ1n) is 6.90. The van der Waals surface area contributed by atoms with E-state index in [1.165, 1.54) is 12.1 Å². The van der Waals surface area contributed by atoms with E-state index in [0.717, 1.165) is 10.9 Å². The zero-order valence-corrected chi connectivity index (χ0v) is 13.5. The van der Waals surface area contributed by atoms with Crippen LogP contribution < -0.4 is 10.1 Å². The molecule has 2 heterocycles. The summed E-state index contributed by atoms with van der Waals surface area (Å²) in [5, 5.41) is 0.789. The molecule has 1 aromatic carbocycles. The van der Waals surface area contributed by atoms with Crippen molar-refractivity contribution in [3.63, 3.8) is 0 Å². The van der Waals surface area contributed by atoms with E-state index >= 15 is 0 Å². The van der Waals surface area contributed by atoms with E-state index < -0.39 is 13.4 Å². The molecule has 6 nitrogen and oxygen atoms in total. The minimum Gasteiger partial charge on any atom is -0.423 e. The van der Waals surface area contributed by atoms with Crippen LogP contribution in [0.3, 0.4) is 0 Å². The topological polar surface area (TPSA) is 75.0 Å². The summed E-state index contributed by atoms with van der Waals surface area (Å²) in [5.41, 5.74) is 0.522. The van der Waals surface area contributed by atoms with Crippen molar-refractivity contribution in [2.75, 3.05) is 13.2 Å². The highest BCUT2D eigenvalue weighted by molar-refractivity contribution is 7.49. The first kappa shape index (κ1) is 15.3. The van der Waals surface area contributed by atoms with Gasteiger partial charge in [0.2, 0.25) is 0 Å². The molecule has 0 radical (unpaired) electrons. The Morgan fingerprint density at radius 1 is 1.18 bits per heavy atom. The second-order valence-electron chi connectivity index (χ2n) is 6.16. The van der Waals surface area contributed by atoms with Gasteiger partial charge in [0.05, 0.1) is 13.2 Å². The van der Waals surface area contributed by atoms with Crippen LogP contribution in [0.2, 0.25) is 0 Å². The van der Waals surface area contributed by atoms with Crippen LogP contribution in [0.1, 0.15) is 19.4 Å². The lowest BCUT2D eigenvalue weighted by Gasteiger charge is -2.32. The van der Waals surface area contributed by atoms with E-state index in [2.05, 4.69) is 0 Å². The van der Waals surface area contributed by atoms with E-state index in [4.69, 9.17) is 18.0 Å². The molecule has 3 rings (SSSR count). The first-order valence-corrected chi connectivity index (χ1v) is 8.36. The maximum atomic E-state index is 12.4. The highest BCUT2D eigenvalue weighted by Crippen LogP contribution is 2.54. The Morgan fingerprint density at radius 2 is 1.86 bits per heavy atom. The predicted molar refractivity (Wildman–Crippen MR) is 81.1 cm³/mol. The summed E-state index contributed by atoms with van der Waals surface area (Å²) in [6.07, 6.45) is 0. The molecular weight excluding hydrogens is 307 g/mol. The highest BCUT2D eigenvalue weighted by atomic mass is 31.2. The van der Waals surface area contributed by atoms with Crippen LogP contribution in [0, 0.1) is 12.3 Å². The molecular formula is C15H17O6P. The number of phosphoric ester groups is 1. The Labute approximate surface area is 127 Å². The number of fused-ring (bicyclic) bond motifs is 1. The molecule has 2 aromatic rings. The first-order chi connectivity index (χ1) is 10.3. The van der Waals surface area contributed by atoms with Crippen LogP contribution in [0.5, 0.6) is 5.75 Å². The Kier molecular flexibility index (Phi) is 3.63. The van der Waals surface area contributed by atoms with Gasteiger partial charge in [0.25, 0.3) is 0 Å². The van der Waals surface area contributed by atoms with Gasteiger partial charge in [0, 0.05) is 22.9 Å². The minimum absolute atomic E-state index is 0.204. The van der Waals surface area contributed by atoms with E-state index in [0.29, 0.717) is 5.58 Å². The molecule has 1 fully saturated rings. The lowest BCUT2D eigenvalue weighted by Crippen LogP contribution is -2.30. The van der Waals surface area contributed by atoms with Gasteiger partial charge >= 0.3 is 13.4 Å². The average Bonchev–Trinajstić information content (AvgIpc) is 2.42. The van der Waals surface area contributed by atoms with Crippen molar-refractivity contribution in [2.24, 2.45) is 5.41 Å². The third-order valence-corrected chi connectivity index (χ3v) is 4.69. The molecule has 118 valence electrons. The third-order valence-electron chi connectivity index (χ3n) is 3.37. The molecule has 22 heavy (non-hydrogen) atoms. The van der Waals surface area contributed by atoms with Crippen LogP contribution in [-0.2, 0) is 13.6 Å². The molecule has 1 aromatic heterocycles. The van der Waals surface area contributed by atoms with Crippen molar-refractivity contribution < 1.29 is 22.6 Å². The zero-order chi connectivity index (χ0) is 16.0. The lowest BCUT2D eigenvalue weighted by atomic mass is 9.97. The number of aryl methyl sites for hydroxylation is 1.